The summed E-state index contributed by atoms with van der Waals surface area (Å²) in [7, 11) is 3.38. The number of ether oxygens (including phenoxy) is 2. The van der Waals surface area contributed by atoms with Crippen LogP contribution >= 0.6 is 11.6 Å². The molecule has 0 radical (unpaired) electrons. The number of alkyl halides is 1. The van der Waals surface area contributed by atoms with Gasteiger partial charge in [0.15, 0.2) is 0 Å². The van der Waals surface area contributed by atoms with Crippen molar-refractivity contribution in [1.29, 1.82) is 0 Å². The van der Waals surface area contributed by atoms with E-state index in [1.807, 2.05) is 19.1 Å². The van der Waals surface area contributed by atoms with Gasteiger partial charge >= 0.3 is 0 Å². The van der Waals surface area contributed by atoms with Crippen molar-refractivity contribution in [1.82, 2.24) is 0 Å². The predicted octanol–water partition coefficient (Wildman–Crippen LogP) is 4.27. The maximum absolute atomic E-state index is 6.25. The highest BCUT2D eigenvalue weighted by molar-refractivity contribution is 6.20. The molecule has 1 heterocycles. The van der Waals surface area contributed by atoms with Gasteiger partial charge in [-0.05, 0) is 61.2 Å². The van der Waals surface area contributed by atoms with Crippen molar-refractivity contribution in [2.45, 2.75) is 25.1 Å². The lowest BCUT2D eigenvalue weighted by Gasteiger charge is -2.21. The summed E-state index contributed by atoms with van der Waals surface area (Å²) >= 11 is 6.25. The zero-order chi connectivity index (χ0) is 17.1. The highest BCUT2D eigenvalue weighted by atomic mass is 35.5. The molecule has 3 nitrogen and oxygen atoms in total. The Morgan fingerprint density at radius 1 is 1.04 bits per heavy atom. The molecule has 3 rings (SSSR count). The van der Waals surface area contributed by atoms with Crippen LogP contribution in [-0.4, -0.2) is 31.9 Å². The summed E-state index contributed by atoms with van der Waals surface area (Å²) < 4.78 is 10.8. The molecule has 0 saturated carbocycles. The Labute approximate surface area is 148 Å². The van der Waals surface area contributed by atoms with Crippen LogP contribution in [0.3, 0.4) is 0 Å². The molecule has 1 aliphatic heterocycles. The Morgan fingerprint density at radius 3 is 2.46 bits per heavy atom. The second-order valence-electron chi connectivity index (χ2n) is 6.01. The largest absolute Gasteiger partial charge is 0.497 e. The van der Waals surface area contributed by atoms with Crippen molar-refractivity contribution in [3.05, 3.63) is 58.7 Å². The van der Waals surface area contributed by atoms with Crippen LogP contribution in [0.1, 0.15) is 29.2 Å². The van der Waals surface area contributed by atoms with Gasteiger partial charge in [0.05, 0.1) is 19.9 Å². The van der Waals surface area contributed by atoms with Gasteiger partial charge in [0.1, 0.15) is 11.5 Å². The van der Waals surface area contributed by atoms with E-state index in [-0.39, 0.29) is 5.38 Å². The number of rotatable bonds is 5. The van der Waals surface area contributed by atoms with Crippen molar-refractivity contribution in [3.8, 4) is 11.5 Å². The molecule has 0 amide bonds. The first-order valence-corrected chi connectivity index (χ1v) is 8.59. The topological polar surface area (TPSA) is 30.8 Å². The number of hydrogen-bond acceptors (Lipinski definition) is 3. The molecule has 0 aromatic heterocycles. The van der Waals surface area contributed by atoms with E-state index in [1.165, 1.54) is 16.7 Å². The molecule has 126 valence electrons. The Balaban J connectivity index is 2.10. The molecule has 0 spiro atoms. The summed E-state index contributed by atoms with van der Waals surface area (Å²) in [6.45, 7) is 2.79. The standard InChI is InChI=1S/C20H22ClNO2/c1-13(21)10-14-4-5-17(24-3)12-19(14)20-18-7-6-16(23-2)11-15(18)8-9-22-20/h4-7,11-13H,8-10H2,1-3H3. The first-order valence-electron chi connectivity index (χ1n) is 8.15. The fourth-order valence-corrected chi connectivity index (χ4v) is 3.29. The number of benzene rings is 2. The summed E-state index contributed by atoms with van der Waals surface area (Å²) in [4.78, 5) is 4.82. The Hall–Kier alpha value is -2.00. The quantitative estimate of drug-likeness (QED) is 0.759. The maximum Gasteiger partial charge on any atom is 0.119 e. The van der Waals surface area contributed by atoms with Crippen LogP contribution in [0.15, 0.2) is 41.4 Å². The second kappa shape index (κ2) is 7.27. The molecule has 2 aromatic carbocycles. The lowest BCUT2D eigenvalue weighted by atomic mass is 9.89. The van der Waals surface area contributed by atoms with Gasteiger partial charge in [-0.15, -0.1) is 11.6 Å². The molecule has 0 saturated heterocycles. The van der Waals surface area contributed by atoms with Gasteiger partial charge in [0, 0.05) is 23.0 Å². The van der Waals surface area contributed by atoms with E-state index in [4.69, 9.17) is 26.1 Å². The highest BCUT2D eigenvalue weighted by Crippen LogP contribution is 2.29. The highest BCUT2D eigenvalue weighted by Gasteiger charge is 2.20. The van der Waals surface area contributed by atoms with Crippen LogP contribution in [0.5, 0.6) is 11.5 Å². The van der Waals surface area contributed by atoms with Crippen LogP contribution in [0.2, 0.25) is 0 Å². The van der Waals surface area contributed by atoms with Crippen LogP contribution < -0.4 is 9.47 Å². The van der Waals surface area contributed by atoms with Crippen LogP contribution in [0.4, 0.5) is 0 Å². The van der Waals surface area contributed by atoms with Crippen molar-refractivity contribution < 1.29 is 9.47 Å². The lowest BCUT2D eigenvalue weighted by molar-refractivity contribution is 0.414. The minimum atomic E-state index is 0.0664. The van der Waals surface area contributed by atoms with Crippen molar-refractivity contribution in [3.63, 3.8) is 0 Å². The molecule has 0 bridgehead atoms. The molecule has 1 atom stereocenters. The van der Waals surface area contributed by atoms with Gasteiger partial charge in [0.25, 0.3) is 0 Å². The summed E-state index contributed by atoms with van der Waals surface area (Å²) in [5, 5.41) is 0.0664. The van der Waals surface area contributed by atoms with Gasteiger partial charge in [-0.1, -0.05) is 6.07 Å². The molecular weight excluding hydrogens is 322 g/mol. The average Bonchev–Trinajstić information content (AvgIpc) is 2.60. The Kier molecular flexibility index (Phi) is 5.10. The molecular formula is C20H22ClNO2. The fourth-order valence-electron chi connectivity index (χ4n) is 3.12. The number of nitrogens with zero attached hydrogens (tertiary/aromatic N) is 1. The van der Waals surface area contributed by atoms with E-state index in [2.05, 4.69) is 24.3 Å². The first-order chi connectivity index (χ1) is 11.6. The van der Waals surface area contributed by atoms with Gasteiger partial charge in [0.2, 0.25) is 0 Å². The number of aliphatic imine (C=N–C) groups is 1. The molecule has 0 fully saturated rings. The predicted molar refractivity (Wildman–Crippen MR) is 99.2 cm³/mol. The van der Waals surface area contributed by atoms with E-state index in [9.17, 15) is 0 Å². The van der Waals surface area contributed by atoms with Crippen LogP contribution in [-0.2, 0) is 12.8 Å². The maximum atomic E-state index is 6.25. The Morgan fingerprint density at radius 2 is 1.75 bits per heavy atom. The molecule has 0 N–H and O–H groups in total. The summed E-state index contributed by atoms with van der Waals surface area (Å²) in [6, 6.07) is 12.3. The smallest absolute Gasteiger partial charge is 0.119 e. The van der Waals surface area contributed by atoms with Gasteiger partial charge in [-0.2, -0.15) is 0 Å². The summed E-state index contributed by atoms with van der Waals surface area (Å²) in [5.74, 6) is 1.72. The van der Waals surface area contributed by atoms with E-state index < -0.39 is 0 Å². The van der Waals surface area contributed by atoms with Crippen LogP contribution in [0, 0.1) is 0 Å². The third kappa shape index (κ3) is 3.41. The van der Waals surface area contributed by atoms with Gasteiger partial charge in [-0.25, -0.2) is 0 Å². The normalized spacial score (nSPS) is 14.6. The minimum absolute atomic E-state index is 0.0664. The van der Waals surface area contributed by atoms with Gasteiger partial charge in [-0.3, -0.25) is 4.99 Å². The Bertz CT molecular complexity index is 768. The van der Waals surface area contributed by atoms with Gasteiger partial charge < -0.3 is 9.47 Å². The van der Waals surface area contributed by atoms with Crippen LogP contribution in [0.25, 0.3) is 0 Å². The van der Waals surface area contributed by atoms with E-state index in [1.54, 1.807) is 14.2 Å². The molecule has 1 aliphatic rings. The minimum Gasteiger partial charge on any atom is -0.497 e. The average molecular weight is 344 g/mol. The summed E-state index contributed by atoms with van der Waals surface area (Å²) in [5.41, 5.74) is 5.75. The number of hydrogen-bond donors (Lipinski definition) is 0. The number of methoxy groups -OCH3 is 2. The number of fused-ring (bicyclic) bond motifs is 1. The van der Waals surface area contributed by atoms with Crippen molar-refractivity contribution in [2.75, 3.05) is 20.8 Å². The van der Waals surface area contributed by atoms with Crippen molar-refractivity contribution in [2.24, 2.45) is 4.99 Å². The molecule has 4 heteroatoms. The second-order valence-corrected chi connectivity index (χ2v) is 6.76. The van der Waals surface area contributed by atoms with E-state index in [0.29, 0.717) is 0 Å². The number of halogens is 1. The monoisotopic (exact) mass is 343 g/mol. The SMILES string of the molecule is COc1ccc2c(c1)CCN=C2c1cc(OC)ccc1CC(C)Cl. The molecule has 1 unspecified atom stereocenters. The zero-order valence-electron chi connectivity index (χ0n) is 14.3. The van der Waals surface area contributed by atoms with E-state index in [0.717, 1.165) is 42.2 Å². The zero-order valence-corrected chi connectivity index (χ0v) is 15.1. The molecule has 24 heavy (non-hydrogen) atoms. The molecule has 0 aliphatic carbocycles. The lowest BCUT2D eigenvalue weighted by Crippen LogP contribution is -2.17. The first kappa shape index (κ1) is 16.8. The third-order valence-corrected chi connectivity index (χ3v) is 4.45. The van der Waals surface area contributed by atoms with Crippen molar-refractivity contribution >= 4 is 17.3 Å². The summed E-state index contributed by atoms with van der Waals surface area (Å²) in [6.07, 6.45) is 1.73. The molecule has 2 aromatic rings. The van der Waals surface area contributed by atoms with E-state index >= 15 is 0 Å². The third-order valence-electron chi connectivity index (χ3n) is 4.29. The fraction of sp³-hybridized carbons (Fsp3) is 0.350.